The van der Waals surface area contributed by atoms with E-state index in [1.54, 1.807) is 18.5 Å². The third-order valence-corrected chi connectivity index (χ3v) is 8.97. The second-order valence-corrected chi connectivity index (χ2v) is 13.7. The van der Waals surface area contributed by atoms with Crippen molar-refractivity contribution in [2.24, 2.45) is 5.92 Å². The van der Waals surface area contributed by atoms with Crippen LogP contribution in [0.3, 0.4) is 0 Å². The highest BCUT2D eigenvalue weighted by Gasteiger charge is 2.39. The van der Waals surface area contributed by atoms with E-state index in [9.17, 15) is 49.6 Å². The first kappa shape index (κ1) is 50.7. The van der Waals surface area contributed by atoms with Crippen molar-refractivity contribution in [3.8, 4) is 6.07 Å². The van der Waals surface area contributed by atoms with Crippen LogP contribution in [0.5, 0.6) is 0 Å². The summed E-state index contributed by atoms with van der Waals surface area (Å²) < 4.78 is 95.2. The number of carboxylic acids is 3. The summed E-state index contributed by atoms with van der Waals surface area (Å²) in [6, 6.07) is 15.6. The molecule has 338 valence electrons. The summed E-state index contributed by atoms with van der Waals surface area (Å²) in [5.41, 5.74) is 5.79. The molecule has 2 aliphatic heterocycles. The Morgan fingerprint density at radius 1 is 0.794 bits per heavy atom. The van der Waals surface area contributed by atoms with Gasteiger partial charge in [0.2, 0.25) is 11.9 Å². The lowest BCUT2D eigenvalue weighted by molar-refractivity contribution is -0.193. The number of rotatable bonds is 4. The third kappa shape index (κ3) is 16.3. The fraction of sp³-hybridized carbons (Fsp3) is 0.297. The molecule has 6 rings (SSSR count). The van der Waals surface area contributed by atoms with Crippen LogP contribution in [0.2, 0.25) is 10.0 Å². The lowest BCUT2D eigenvalue weighted by atomic mass is 9.92. The maximum absolute atomic E-state index is 13.2. The topological polar surface area (TPSA) is 231 Å². The molecule has 6 N–H and O–H groups in total. The summed E-state index contributed by atoms with van der Waals surface area (Å²) >= 11 is 12.6. The molecule has 2 aromatic heterocycles. The van der Waals surface area contributed by atoms with E-state index in [1.807, 2.05) is 42.6 Å². The number of amides is 1. The number of nitrogens with one attached hydrogen (secondary N) is 3. The second-order valence-electron chi connectivity index (χ2n) is 12.9. The molecule has 6 bridgehead atoms. The predicted molar refractivity (Wildman–Crippen MR) is 207 cm³/mol. The van der Waals surface area contributed by atoms with Crippen LogP contribution in [0.4, 0.5) is 74.0 Å². The summed E-state index contributed by atoms with van der Waals surface area (Å²) in [6.45, 7) is 1.54. The van der Waals surface area contributed by atoms with Gasteiger partial charge in [0.25, 0.3) is 0 Å². The summed E-state index contributed by atoms with van der Waals surface area (Å²) in [7, 11) is 0. The Labute approximate surface area is 359 Å². The first-order chi connectivity index (χ1) is 29.3. The van der Waals surface area contributed by atoms with E-state index >= 15 is 0 Å². The van der Waals surface area contributed by atoms with Crippen LogP contribution in [0.1, 0.15) is 36.0 Å². The zero-order valence-electron chi connectivity index (χ0n) is 31.7. The van der Waals surface area contributed by atoms with Crippen molar-refractivity contribution in [2.45, 2.75) is 50.6 Å². The molecule has 2 aliphatic rings. The van der Waals surface area contributed by atoms with Crippen LogP contribution in [0.15, 0.2) is 61.1 Å². The van der Waals surface area contributed by atoms with E-state index in [2.05, 4.69) is 41.9 Å². The van der Waals surface area contributed by atoms with Gasteiger partial charge in [0.05, 0.1) is 34.4 Å². The minimum absolute atomic E-state index is 0.00912. The number of aromatic nitrogens is 3. The van der Waals surface area contributed by atoms with Crippen molar-refractivity contribution < 1.29 is 74.0 Å². The Kier molecular flexibility index (Phi) is 17.7. The van der Waals surface area contributed by atoms with Gasteiger partial charge in [-0.15, -0.1) is 0 Å². The number of carbonyl (C=O) groups excluding carboxylic acids is 1. The average molecular weight is 942 g/mol. The number of aliphatic carboxylic acids is 3. The van der Waals surface area contributed by atoms with Gasteiger partial charge in [-0.3, -0.25) is 9.78 Å². The molecule has 2 aromatic carbocycles. The number of hydrogen-bond donors (Lipinski definition) is 6. The molecule has 4 heterocycles. The zero-order valence-corrected chi connectivity index (χ0v) is 33.2. The number of aryl methyl sites for hydroxylation is 2. The fourth-order valence-corrected chi connectivity index (χ4v) is 5.83. The number of hydrogen-bond acceptors (Lipinski definition) is 11. The van der Waals surface area contributed by atoms with Crippen molar-refractivity contribution in [2.75, 3.05) is 33.9 Å². The largest absolute Gasteiger partial charge is 0.490 e. The molecular weight excluding hydrogens is 910 g/mol. The molecule has 0 saturated carbocycles. The number of nitrogens with zero attached hydrogens (tertiary/aromatic N) is 5. The molecule has 0 spiro atoms. The number of halogens is 11. The molecule has 1 fully saturated rings. The van der Waals surface area contributed by atoms with Gasteiger partial charge in [-0.1, -0.05) is 29.3 Å². The second kappa shape index (κ2) is 22.0. The molecule has 0 aliphatic carbocycles. The first-order valence-electron chi connectivity index (χ1n) is 17.6. The van der Waals surface area contributed by atoms with Crippen LogP contribution < -0.4 is 20.9 Å². The number of benzene rings is 2. The monoisotopic (exact) mass is 940 g/mol. The van der Waals surface area contributed by atoms with E-state index in [1.165, 1.54) is 0 Å². The molecule has 15 nitrogen and oxygen atoms in total. The van der Waals surface area contributed by atoms with Crippen LogP contribution in [-0.2, 0) is 32.0 Å². The molecule has 4 aromatic rings. The minimum atomic E-state index is -5.08. The van der Waals surface area contributed by atoms with Crippen LogP contribution in [0, 0.1) is 17.2 Å². The summed E-state index contributed by atoms with van der Waals surface area (Å²) in [4.78, 5) is 55.3. The van der Waals surface area contributed by atoms with Crippen molar-refractivity contribution in [1.82, 2.24) is 15.0 Å². The van der Waals surface area contributed by atoms with Gasteiger partial charge in [-0.2, -0.15) is 49.8 Å². The van der Waals surface area contributed by atoms with E-state index in [0.717, 1.165) is 66.2 Å². The molecule has 0 atom stereocenters. The third-order valence-electron chi connectivity index (χ3n) is 8.38. The van der Waals surface area contributed by atoms with Gasteiger partial charge < -0.3 is 36.2 Å². The Bertz CT molecular complexity index is 2260. The van der Waals surface area contributed by atoms with E-state index in [-0.39, 0.29) is 11.8 Å². The molecular formula is C37H31Cl2F9N8O7. The van der Waals surface area contributed by atoms with Gasteiger partial charge >= 0.3 is 36.4 Å². The highest BCUT2D eigenvalue weighted by molar-refractivity contribution is 6.33. The normalized spacial score (nSPS) is 13.6. The average Bonchev–Trinajstić information content (AvgIpc) is 3.19. The van der Waals surface area contributed by atoms with Gasteiger partial charge in [0.15, 0.2) is 5.82 Å². The molecule has 1 saturated heterocycles. The molecule has 63 heavy (non-hydrogen) atoms. The number of piperidine rings is 1. The zero-order chi connectivity index (χ0) is 47.3. The van der Waals surface area contributed by atoms with Crippen LogP contribution in [0.25, 0.3) is 0 Å². The molecule has 26 heteroatoms. The van der Waals surface area contributed by atoms with Crippen LogP contribution >= 0.6 is 23.2 Å². The number of nitriles is 1. The Hall–Kier alpha value is -6.61. The lowest BCUT2D eigenvalue weighted by Gasteiger charge is -2.34. The number of pyridine rings is 1. The Balaban J connectivity index is 0.000000416. The van der Waals surface area contributed by atoms with Crippen molar-refractivity contribution >= 4 is 81.5 Å². The quantitative estimate of drug-likeness (QED) is 0.105. The lowest BCUT2D eigenvalue weighted by Crippen LogP contribution is -2.35. The highest BCUT2D eigenvalue weighted by atomic mass is 35.5. The number of fused-ring (bicyclic) bond motifs is 6. The van der Waals surface area contributed by atoms with E-state index in [4.69, 9.17) is 52.9 Å². The number of anilines is 6. The first-order valence-corrected chi connectivity index (χ1v) is 18.3. The SMILES string of the molecule is N#Cc1c(Cl)cccc1N1CCC(CC(=O)Nc2ccc3cc2CCc2cncc(c2)Nc2ncc(Cl)c(n2)N3)CC1.O=C(O)C(F)(F)F.O=C(O)C(F)(F)F.O=C(O)C(F)(F)F. The van der Waals surface area contributed by atoms with Crippen molar-refractivity contribution in [3.05, 3.63) is 87.8 Å². The maximum Gasteiger partial charge on any atom is 0.490 e. The van der Waals surface area contributed by atoms with E-state index < -0.39 is 36.4 Å². The highest BCUT2D eigenvalue weighted by Crippen LogP contribution is 2.33. The molecule has 0 unspecified atom stereocenters. The Morgan fingerprint density at radius 3 is 1.94 bits per heavy atom. The van der Waals surface area contributed by atoms with Gasteiger partial charge in [-0.05, 0) is 79.1 Å². The van der Waals surface area contributed by atoms with Crippen LogP contribution in [-0.4, -0.2) is 85.7 Å². The molecule has 1 amide bonds. The summed E-state index contributed by atoms with van der Waals surface area (Å²) in [5.74, 6) is -7.13. The Morgan fingerprint density at radius 2 is 1.38 bits per heavy atom. The predicted octanol–water partition coefficient (Wildman–Crippen LogP) is 8.78. The van der Waals surface area contributed by atoms with Gasteiger partial charge in [-0.25, -0.2) is 19.4 Å². The summed E-state index contributed by atoms with van der Waals surface area (Å²) in [6.07, 6.45) is -6.54. The van der Waals surface area contributed by atoms with Crippen molar-refractivity contribution in [3.63, 3.8) is 0 Å². The van der Waals surface area contributed by atoms with Crippen molar-refractivity contribution in [1.29, 1.82) is 5.26 Å². The number of alkyl halides is 9. The van der Waals surface area contributed by atoms with Gasteiger partial charge in [0.1, 0.15) is 11.1 Å². The minimum Gasteiger partial charge on any atom is -0.475 e. The standard InChI is InChI=1S/C31H28Cl2N8O.3C2HF3O2/c32-25-2-1-3-28(24(25)15-34)41-10-8-19(9-11-41)13-29(42)39-27-7-6-22-14-21(27)5-4-20-12-23(17-35-16-20)38-31-36-18-26(33)30(37-22)40-31;3*3-2(4,5)1(6)7/h1-3,6-7,12,14,16-19H,4-5,8-11,13H2,(H,39,42)(H2,36,37,38,40);3*(H,6,7). The maximum atomic E-state index is 13.2. The van der Waals surface area contributed by atoms with Gasteiger partial charge in [0, 0.05) is 37.1 Å². The smallest absolute Gasteiger partial charge is 0.475 e. The number of carboxylic acid groups (broad SMARTS) is 3. The number of carbonyl (C=O) groups is 4. The fourth-order valence-electron chi connectivity index (χ4n) is 5.48. The summed E-state index contributed by atoms with van der Waals surface area (Å²) in [5, 5.41) is 41.4. The molecule has 0 radical (unpaired) electrons. The van der Waals surface area contributed by atoms with E-state index in [0.29, 0.717) is 40.2 Å².